The molecule has 0 bridgehead atoms. The van der Waals surface area contributed by atoms with Crippen molar-refractivity contribution in [3.63, 3.8) is 0 Å². The number of carbonyl (C=O) groups excluding carboxylic acids is 1. The van der Waals surface area contributed by atoms with E-state index in [0.29, 0.717) is 12.1 Å². The molecule has 1 aromatic carbocycles. The number of aromatic amines is 1. The number of aromatic nitrogens is 2. The number of amides is 1. The summed E-state index contributed by atoms with van der Waals surface area (Å²) in [5, 5.41) is 6.46. The summed E-state index contributed by atoms with van der Waals surface area (Å²) in [6.07, 6.45) is 4.02. The highest BCUT2D eigenvalue weighted by Gasteiger charge is 2.26. The zero-order valence-corrected chi connectivity index (χ0v) is 10.1. The maximum atomic E-state index is 12.3. The van der Waals surface area contributed by atoms with Gasteiger partial charge in [-0.05, 0) is 30.5 Å². The van der Waals surface area contributed by atoms with E-state index in [0.717, 1.165) is 23.4 Å². The van der Waals surface area contributed by atoms with Crippen molar-refractivity contribution in [1.82, 2.24) is 10.2 Å². The molecular formula is C13H14N4O. The van der Waals surface area contributed by atoms with E-state index in [9.17, 15) is 4.79 Å². The summed E-state index contributed by atoms with van der Waals surface area (Å²) >= 11 is 0. The summed E-state index contributed by atoms with van der Waals surface area (Å²) < 4.78 is 0. The first kappa shape index (κ1) is 10.8. The Morgan fingerprint density at radius 3 is 3.06 bits per heavy atom. The molecule has 92 valence electrons. The predicted molar refractivity (Wildman–Crippen MR) is 69.6 cm³/mol. The van der Waals surface area contributed by atoms with E-state index in [1.807, 2.05) is 13.0 Å². The van der Waals surface area contributed by atoms with Crippen molar-refractivity contribution in [3.05, 3.63) is 41.2 Å². The minimum atomic E-state index is -0.0363. The highest BCUT2D eigenvalue weighted by atomic mass is 16.2. The monoisotopic (exact) mass is 242 g/mol. The second kappa shape index (κ2) is 3.87. The molecule has 1 amide bonds. The SMILES string of the molecule is Cc1cc2c(cc1N)N(C(=O)c1cn[nH]c1)CC2. The van der Waals surface area contributed by atoms with Gasteiger partial charge < -0.3 is 10.6 Å². The van der Waals surface area contributed by atoms with Crippen molar-refractivity contribution in [1.29, 1.82) is 0 Å². The zero-order chi connectivity index (χ0) is 12.7. The molecule has 0 atom stereocenters. The van der Waals surface area contributed by atoms with E-state index in [2.05, 4.69) is 16.3 Å². The van der Waals surface area contributed by atoms with E-state index in [-0.39, 0.29) is 5.91 Å². The van der Waals surface area contributed by atoms with Gasteiger partial charge in [0.2, 0.25) is 0 Å². The molecule has 5 heteroatoms. The molecular weight excluding hydrogens is 228 g/mol. The second-order valence-electron chi connectivity index (χ2n) is 4.53. The Balaban J connectivity index is 2.00. The molecule has 2 heterocycles. The minimum absolute atomic E-state index is 0.0363. The molecule has 3 N–H and O–H groups in total. The lowest BCUT2D eigenvalue weighted by Crippen LogP contribution is -2.28. The van der Waals surface area contributed by atoms with Crippen molar-refractivity contribution in [2.24, 2.45) is 0 Å². The Bertz CT molecular complexity index is 604. The fourth-order valence-electron chi connectivity index (χ4n) is 2.31. The summed E-state index contributed by atoms with van der Waals surface area (Å²) in [5.74, 6) is -0.0363. The number of H-pyrrole nitrogens is 1. The van der Waals surface area contributed by atoms with Gasteiger partial charge in [0.15, 0.2) is 0 Å². The van der Waals surface area contributed by atoms with Crippen LogP contribution in [-0.2, 0) is 6.42 Å². The van der Waals surface area contributed by atoms with Crippen LogP contribution in [0.15, 0.2) is 24.5 Å². The normalized spacial score (nSPS) is 13.7. The van der Waals surface area contributed by atoms with E-state index >= 15 is 0 Å². The minimum Gasteiger partial charge on any atom is -0.398 e. The first-order valence-electron chi connectivity index (χ1n) is 5.86. The standard InChI is InChI=1S/C13H14N4O/c1-8-4-9-2-3-17(12(9)5-11(8)14)13(18)10-6-15-16-7-10/h4-7H,2-3,14H2,1H3,(H,15,16). The molecule has 0 saturated carbocycles. The van der Waals surface area contributed by atoms with Gasteiger partial charge in [0, 0.05) is 24.1 Å². The van der Waals surface area contributed by atoms with Crippen molar-refractivity contribution >= 4 is 17.3 Å². The smallest absolute Gasteiger partial charge is 0.261 e. The average molecular weight is 242 g/mol. The van der Waals surface area contributed by atoms with Crippen molar-refractivity contribution in [2.45, 2.75) is 13.3 Å². The highest BCUT2D eigenvalue weighted by Crippen LogP contribution is 2.32. The van der Waals surface area contributed by atoms with Gasteiger partial charge >= 0.3 is 0 Å². The number of nitrogens with two attached hydrogens (primary N) is 1. The van der Waals surface area contributed by atoms with Crippen LogP contribution in [0.2, 0.25) is 0 Å². The lowest BCUT2D eigenvalue weighted by Gasteiger charge is -2.17. The Morgan fingerprint density at radius 1 is 1.50 bits per heavy atom. The molecule has 1 aromatic heterocycles. The number of rotatable bonds is 1. The summed E-state index contributed by atoms with van der Waals surface area (Å²) in [6, 6.07) is 3.95. The van der Waals surface area contributed by atoms with Gasteiger partial charge in [0.05, 0.1) is 11.8 Å². The van der Waals surface area contributed by atoms with Crippen molar-refractivity contribution in [3.8, 4) is 0 Å². The molecule has 0 fully saturated rings. The molecule has 0 spiro atoms. The fraction of sp³-hybridized carbons (Fsp3) is 0.231. The first-order valence-corrected chi connectivity index (χ1v) is 5.86. The summed E-state index contributed by atoms with van der Waals surface area (Å²) in [6.45, 7) is 2.68. The second-order valence-corrected chi connectivity index (χ2v) is 4.53. The number of hydrogen-bond acceptors (Lipinski definition) is 3. The first-order chi connectivity index (χ1) is 8.66. The quantitative estimate of drug-likeness (QED) is 0.744. The lowest BCUT2D eigenvalue weighted by molar-refractivity contribution is 0.0989. The number of fused-ring (bicyclic) bond motifs is 1. The Labute approximate surface area is 105 Å². The van der Waals surface area contributed by atoms with Gasteiger partial charge in [0.25, 0.3) is 5.91 Å². The third kappa shape index (κ3) is 1.55. The van der Waals surface area contributed by atoms with Crippen molar-refractivity contribution in [2.75, 3.05) is 17.2 Å². The topological polar surface area (TPSA) is 75.0 Å². The maximum Gasteiger partial charge on any atom is 0.261 e. The number of carbonyl (C=O) groups is 1. The predicted octanol–water partition coefficient (Wildman–Crippen LogP) is 1.50. The van der Waals surface area contributed by atoms with Gasteiger partial charge in [-0.1, -0.05) is 6.07 Å². The van der Waals surface area contributed by atoms with Crippen LogP contribution in [0.1, 0.15) is 21.5 Å². The number of nitrogens with one attached hydrogen (secondary N) is 1. The zero-order valence-electron chi connectivity index (χ0n) is 10.1. The van der Waals surface area contributed by atoms with Gasteiger partial charge in [-0.15, -0.1) is 0 Å². The van der Waals surface area contributed by atoms with Crippen LogP contribution in [0.25, 0.3) is 0 Å². The van der Waals surface area contributed by atoms with Crippen LogP contribution >= 0.6 is 0 Å². The number of hydrogen-bond donors (Lipinski definition) is 2. The number of nitrogens with zero attached hydrogens (tertiary/aromatic N) is 2. The van der Waals surface area contributed by atoms with Crippen LogP contribution < -0.4 is 10.6 Å². The third-order valence-electron chi connectivity index (χ3n) is 3.35. The molecule has 0 radical (unpaired) electrons. The van der Waals surface area contributed by atoms with E-state index in [1.165, 1.54) is 11.8 Å². The fourth-order valence-corrected chi connectivity index (χ4v) is 2.31. The van der Waals surface area contributed by atoms with Crippen LogP contribution in [0.3, 0.4) is 0 Å². The molecule has 0 unspecified atom stereocenters. The molecule has 0 saturated heterocycles. The average Bonchev–Trinajstić information content (AvgIpc) is 2.98. The Hall–Kier alpha value is -2.30. The van der Waals surface area contributed by atoms with Crippen molar-refractivity contribution < 1.29 is 4.79 Å². The Morgan fingerprint density at radius 2 is 2.33 bits per heavy atom. The van der Waals surface area contributed by atoms with Crippen LogP contribution in [0.5, 0.6) is 0 Å². The molecule has 0 aliphatic carbocycles. The highest BCUT2D eigenvalue weighted by molar-refractivity contribution is 6.07. The molecule has 3 rings (SSSR count). The number of benzene rings is 1. The molecule has 2 aromatic rings. The number of nitrogen functional groups attached to an aromatic ring is 1. The molecule has 18 heavy (non-hydrogen) atoms. The van der Waals surface area contributed by atoms with Crippen LogP contribution in [0, 0.1) is 6.92 Å². The third-order valence-corrected chi connectivity index (χ3v) is 3.35. The summed E-state index contributed by atoms with van der Waals surface area (Å²) in [4.78, 5) is 14.1. The van der Waals surface area contributed by atoms with Gasteiger partial charge in [-0.2, -0.15) is 5.10 Å². The van der Waals surface area contributed by atoms with Gasteiger partial charge in [-0.3, -0.25) is 9.89 Å². The largest absolute Gasteiger partial charge is 0.398 e. The van der Waals surface area contributed by atoms with Crippen LogP contribution in [0.4, 0.5) is 11.4 Å². The van der Waals surface area contributed by atoms with Crippen LogP contribution in [-0.4, -0.2) is 22.6 Å². The molecule has 1 aliphatic heterocycles. The Kier molecular flexibility index (Phi) is 2.33. The van der Waals surface area contributed by atoms with E-state index < -0.39 is 0 Å². The lowest BCUT2D eigenvalue weighted by atomic mass is 10.1. The number of anilines is 2. The molecule has 5 nitrogen and oxygen atoms in total. The molecule has 1 aliphatic rings. The van der Waals surface area contributed by atoms with Gasteiger partial charge in [-0.25, -0.2) is 0 Å². The van der Waals surface area contributed by atoms with E-state index in [1.54, 1.807) is 11.1 Å². The summed E-state index contributed by atoms with van der Waals surface area (Å²) in [5.41, 5.74) is 10.4. The number of aryl methyl sites for hydroxylation is 1. The maximum absolute atomic E-state index is 12.3. The van der Waals surface area contributed by atoms with E-state index in [4.69, 9.17) is 5.73 Å². The summed E-state index contributed by atoms with van der Waals surface area (Å²) in [7, 11) is 0. The van der Waals surface area contributed by atoms with Gasteiger partial charge in [0.1, 0.15) is 0 Å².